The molecule has 1 fully saturated rings. The summed E-state index contributed by atoms with van der Waals surface area (Å²) in [6.07, 6.45) is -4.84. The van der Waals surface area contributed by atoms with Gasteiger partial charge in [0.05, 0.1) is 12.7 Å². The summed E-state index contributed by atoms with van der Waals surface area (Å²) in [5.74, 6) is -4.27. The molecule has 15 heteroatoms. The summed E-state index contributed by atoms with van der Waals surface area (Å²) in [5, 5.41) is 14.2. The molecule has 1 amide bonds. The lowest BCUT2D eigenvalue weighted by molar-refractivity contribution is -0.193. The van der Waals surface area contributed by atoms with E-state index in [1.807, 2.05) is 42.1 Å². The minimum Gasteiger partial charge on any atom is -0.488 e. The van der Waals surface area contributed by atoms with Crippen molar-refractivity contribution in [3.05, 3.63) is 60.4 Å². The minimum atomic E-state index is -5.08. The Balaban J connectivity index is 0.000000473. The van der Waals surface area contributed by atoms with E-state index in [-0.39, 0.29) is 17.9 Å². The summed E-state index contributed by atoms with van der Waals surface area (Å²) < 4.78 is 69.7. The maximum atomic E-state index is 12.5. The Bertz CT molecular complexity index is 1040. The largest absolute Gasteiger partial charge is 0.490 e. The molecule has 0 aliphatic carbocycles. The van der Waals surface area contributed by atoms with Crippen LogP contribution >= 0.6 is 0 Å². The molecule has 2 aromatic rings. The molecule has 0 radical (unpaired) electrons. The normalized spacial score (nSPS) is 17.1. The van der Waals surface area contributed by atoms with Crippen LogP contribution in [0.1, 0.15) is 12.0 Å². The second kappa shape index (κ2) is 15.6. The Morgan fingerprint density at radius 3 is 1.98 bits per heavy atom. The lowest BCUT2D eigenvalue weighted by Gasteiger charge is -2.39. The van der Waals surface area contributed by atoms with Crippen molar-refractivity contribution in [1.82, 2.24) is 14.8 Å². The SMILES string of the molecule is CN(C)CC(=O)N1CC[C@H](Oc2cccnc2)[C@@H](Cc2ccccc2)C1.O=C(O)C(F)(F)F.O=C(O)C(F)(F)F. The van der Waals surface area contributed by atoms with Crippen LogP contribution in [-0.4, -0.2) is 95.0 Å². The Morgan fingerprint density at radius 2 is 1.52 bits per heavy atom. The number of carbonyl (C=O) groups is 3. The van der Waals surface area contributed by atoms with Crippen molar-refractivity contribution in [2.75, 3.05) is 33.7 Å². The average molecular weight is 582 g/mol. The van der Waals surface area contributed by atoms with E-state index in [1.165, 1.54) is 5.56 Å². The van der Waals surface area contributed by atoms with Gasteiger partial charge in [0.25, 0.3) is 0 Å². The number of likely N-dealkylation sites (N-methyl/N-ethyl adjacent to an activating group) is 1. The molecule has 0 bridgehead atoms. The number of carboxylic acid groups (broad SMARTS) is 2. The van der Waals surface area contributed by atoms with Gasteiger partial charge in [-0.3, -0.25) is 9.78 Å². The van der Waals surface area contributed by atoms with Crippen LogP contribution in [0.3, 0.4) is 0 Å². The molecular weight excluding hydrogens is 552 g/mol. The molecule has 9 nitrogen and oxygen atoms in total. The highest BCUT2D eigenvalue weighted by atomic mass is 19.4. The monoisotopic (exact) mass is 581 g/mol. The van der Waals surface area contributed by atoms with E-state index in [1.54, 1.807) is 12.4 Å². The van der Waals surface area contributed by atoms with E-state index >= 15 is 0 Å². The van der Waals surface area contributed by atoms with Crippen LogP contribution < -0.4 is 4.74 Å². The number of ether oxygens (including phenoxy) is 1. The number of nitrogens with zero attached hydrogens (tertiary/aromatic N) is 3. The van der Waals surface area contributed by atoms with Gasteiger partial charge in [0.1, 0.15) is 11.9 Å². The Hall–Kier alpha value is -3.88. The standard InChI is InChI=1S/C21H27N3O2.2C2HF3O2/c1-23(2)16-21(25)24-12-10-20(26-19-9-6-11-22-14-19)18(15-24)13-17-7-4-3-5-8-17;2*3-2(4,5)1(6)7/h3-9,11,14,18,20H,10,12-13,15-16H2,1-2H3;2*(H,6,7)/t18-,20-;;/m0../s1. The number of hydrogen-bond donors (Lipinski definition) is 2. The lowest BCUT2D eigenvalue weighted by Crippen LogP contribution is -2.50. The number of rotatable bonds is 6. The summed E-state index contributed by atoms with van der Waals surface area (Å²) in [6.45, 7) is 1.92. The number of carbonyl (C=O) groups excluding carboxylic acids is 1. The smallest absolute Gasteiger partial charge is 0.488 e. The molecule has 1 saturated heterocycles. The number of benzene rings is 1. The zero-order valence-corrected chi connectivity index (χ0v) is 21.5. The number of aliphatic carboxylic acids is 2. The predicted octanol–water partition coefficient (Wildman–Crippen LogP) is 3.75. The predicted molar refractivity (Wildman–Crippen MR) is 129 cm³/mol. The van der Waals surface area contributed by atoms with Crippen molar-refractivity contribution in [1.29, 1.82) is 0 Å². The minimum absolute atomic E-state index is 0.0859. The van der Waals surface area contributed by atoms with Crippen LogP contribution in [0.4, 0.5) is 26.3 Å². The van der Waals surface area contributed by atoms with Gasteiger partial charge in [0, 0.05) is 31.6 Å². The molecule has 1 aromatic carbocycles. The van der Waals surface area contributed by atoms with Gasteiger partial charge < -0.3 is 24.7 Å². The Labute approximate surface area is 226 Å². The van der Waals surface area contributed by atoms with Gasteiger partial charge in [-0.2, -0.15) is 26.3 Å². The first-order valence-electron chi connectivity index (χ1n) is 11.6. The molecule has 0 saturated carbocycles. The fourth-order valence-electron chi connectivity index (χ4n) is 3.47. The molecule has 0 unspecified atom stereocenters. The van der Waals surface area contributed by atoms with E-state index in [0.717, 1.165) is 31.7 Å². The number of halogens is 6. The van der Waals surface area contributed by atoms with Gasteiger partial charge in [-0.1, -0.05) is 30.3 Å². The van der Waals surface area contributed by atoms with E-state index in [9.17, 15) is 31.1 Å². The van der Waals surface area contributed by atoms with Crippen LogP contribution in [0.2, 0.25) is 0 Å². The summed E-state index contributed by atoms with van der Waals surface area (Å²) in [5.41, 5.74) is 1.28. The number of pyridine rings is 1. The highest BCUT2D eigenvalue weighted by Crippen LogP contribution is 2.26. The molecule has 1 aliphatic heterocycles. The number of amides is 1. The third-order valence-corrected chi connectivity index (χ3v) is 5.22. The first-order valence-corrected chi connectivity index (χ1v) is 11.6. The molecule has 0 spiro atoms. The van der Waals surface area contributed by atoms with Crippen molar-refractivity contribution in [3.8, 4) is 5.75 Å². The van der Waals surface area contributed by atoms with E-state index in [0.29, 0.717) is 6.54 Å². The molecule has 40 heavy (non-hydrogen) atoms. The summed E-state index contributed by atoms with van der Waals surface area (Å²) >= 11 is 0. The van der Waals surface area contributed by atoms with Crippen LogP contribution in [0, 0.1) is 5.92 Å². The van der Waals surface area contributed by atoms with Crippen LogP contribution in [0.25, 0.3) is 0 Å². The van der Waals surface area contributed by atoms with E-state index in [4.69, 9.17) is 24.5 Å². The van der Waals surface area contributed by atoms with E-state index in [2.05, 4.69) is 29.2 Å². The van der Waals surface area contributed by atoms with Crippen LogP contribution in [-0.2, 0) is 20.8 Å². The number of aromatic nitrogens is 1. The van der Waals surface area contributed by atoms with Crippen molar-refractivity contribution < 1.29 is 55.7 Å². The Morgan fingerprint density at radius 1 is 0.975 bits per heavy atom. The van der Waals surface area contributed by atoms with Gasteiger partial charge in [-0.05, 0) is 38.2 Å². The van der Waals surface area contributed by atoms with Crippen molar-refractivity contribution in [3.63, 3.8) is 0 Å². The lowest BCUT2D eigenvalue weighted by atomic mass is 9.88. The second-order valence-electron chi connectivity index (χ2n) is 8.77. The van der Waals surface area contributed by atoms with Crippen molar-refractivity contribution in [2.24, 2.45) is 5.92 Å². The molecule has 1 aromatic heterocycles. The average Bonchev–Trinajstić information content (AvgIpc) is 2.85. The second-order valence-corrected chi connectivity index (χ2v) is 8.77. The number of piperidine rings is 1. The molecule has 222 valence electrons. The quantitative estimate of drug-likeness (QED) is 0.495. The highest BCUT2D eigenvalue weighted by molar-refractivity contribution is 5.78. The summed E-state index contributed by atoms with van der Waals surface area (Å²) in [4.78, 5) is 38.3. The van der Waals surface area contributed by atoms with Crippen LogP contribution in [0.15, 0.2) is 54.9 Å². The topological polar surface area (TPSA) is 120 Å². The summed E-state index contributed by atoms with van der Waals surface area (Å²) in [7, 11) is 3.86. The molecule has 2 atom stereocenters. The zero-order valence-electron chi connectivity index (χ0n) is 21.5. The van der Waals surface area contributed by atoms with Gasteiger partial charge in [0.15, 0.2) is 0 Å². The highest BCUT2D eigenvalue weighted by Gasteiger charge is 2.39. The van der Waals surface area contributed by atoms with Crippen molar-refractivity contribution in [2.45, 2.75) is 31.3 Å². The third kappa shape index (κ3) is 13.3. The first kappa shape index (κ1) is 34.1. The maximum Gasteiger partial charge on any atom is 0.490 e. The molecule has 1 aliphatic rings. The molecule has 2 heterocycles. The number of hydrogen-bond acceptors (Lipinski definition) is 6. The zero-order chi connectivity index (χ0) is 30.5. The van der Waals surface area contributed by atoms with Gasteiger partial charge in [-0.25, -0.2) is 9.59 Å². The summed E-state index contributed by atoms with van der Waals surface area (Å²) in [6, 6.07) is 14.3. The number of likely N-dealkylation sites (tertiary alicyclic amines) is 1. The van der Waals surface area contributed by atoms with Gasteiger partial charge in [0.2, 0.25) is 5.91 Å². The fourth-order valence-corrected chi connectivity index (χ4v) is 3.47. The molecule has 2 N–H and O–H groups in total. The number of alkyl halides is 6. The third-order valence-electron chi connectivity index (χ3n) is 5.22. The maximum absolute atomic E-state index is 12.5. The van der Waals surface area contributed by atoms with Crippen molar-refractivity contribution >= 4 is 17.8 Å². The van der Waals surface area contributed by atoms with E-state index < -0.39 is 24.3 Å². The van der Waals surface area contributed by atoms with Gasteiger partial charge in [-0.15, -0.1) is 0 Å². The first-order chi connectivity index (χ1) is 18.5. The van der Waals surface area contributed by atoms with Gasteiger partial charge >= 0.3 is 24.3 Å². The number of carboxylic acids is 2. The Kier molecular flexibility index (Phi) is 13.4. The molecular formula is C25H29F6N3O6. The fraction of sp³-hybridized carbons (Fsp3) is 0.440. The molecule has 3 rings (SSSR count). The van der Waals surface area contributed by atoms with Crippen LogP contribution in [0.5, 0.6) is 5.75 Å².